The first-order valence-electron chi connectivity index (χ1n) is 9.40. The molecule has 1 saturated heterocycles. The zero-order valence-corrected chi connectivity index (χ0v) is 16.9. The minimum Gasteiger partial charge on any atom is -0.462 e. The van der Waals surface area contributed by atoms with E-state index >= 15 is 0 Å². The second-order valence-electron chi connectivity index (χ2n) is 7.11. The molecule has 0 radical (unpaired) electrons. The van der Waals surface area contributed by atoms with Crippen molar-refractivity contribution in [2.45, 2.75) is 30.6 Å². The van der Waals surface area contributed by atoms with Gasteiger partial charge >= 0.3 is 0 Å². The average Bonchev–Trinajstić information content (AvgIpc) is 3.23. The molecule has 1 aromatic heterocycles. The fourth-order valence-corrected chi connectivity index (χ4v) is 3.59. The van der Waals surface area contributed by atoms with Gasteiger partial charge in [-0.1, -0.05) is 22.9 Å². The molecular weight excluding hydrogens is 455 g/mol. The molecule has 0 bridgehead atoms. The van der Waals surface area contributed by atoms with Crippen LogP contribution in [-0.2, 0) is 4.74 Å². The Morgan fingerprint density at radius 2 is 1.81 bits per heavy atom. The van der Waals surface area contributed by atoms with E-state index < -0.39 is 54.7 Å². The number of halogens is 4. The van der Waals surface area contributed by atoms with E-state index in [0.717, 1.165) is 16.8 Å². The Balaban J connectivity index is 1.64. The number of nitrogens with zero attached hydrogens (tertiary/aromatic N) is 3. The predicted molar refractivity (Wildman–Crippen MR) is 104 cm³/mol. The summed E-state index contributed by atoms with van der Waals surface area (Å²) in [5, 5.41) is 39.0. The number of aliphatic hydroxyl groups is 3. The van der Waals surface area contributed by atoms with Gasteiger partial charge in [0, 0.05) is 10.6 Å². The molecule has 0 aliphatic carbocycles. The van der Waals surface area contributed by atoms with Crippen molar-refractivity contribution in [3.63, 3.8) is 0 Å². The number of aliphatic hydroxyl groups excluding tert-OH is 3. The molecule has 5 unspecified atom stereocenters. The summed E-state index contributed by atoms with van der Waals surface area (Å²) < 4.78 is 52.6. The van der Waals surface area contributed by atoms with Gasteiger partial charge in [0.15, 0.2) is 17.5 Å². The van der Waals surface area contributed by atoms with Crippen LogP contribution in [0.4, 0.5) is 13.2 Å². The van der Waals surface area contributed by atoms with Gasteiger partial charge in [-0.2, -0.15) is 0 Å². The smallest absolute Gasteiger partial charge is 0.228 e. The van der Waals surface area contributed by atoms with Crippen molar-refractivity contribution in [2.75, 3.05) is 6.61 Å². The molecule has 5 atom stereocenters. The molecule has 0 saturated carbocycles. The van der Waals surface area contributed by atoms with E-state index in [1.807, 2.05) is 0 Å². The van der Waals surface area contributed by atoms with Crippen LogP contribution in [0.3, 0.4) is 0 Å². The maximum Gasteiger partial charge on any atom is 0.228 e. The van der Waals surface area contributed by atoms with Crippen LogP contribution < -0.4 is 4.74 Å². The van der Waals surface area contributed by atoms with E-state index in [1.54, 1.807) is 18.2 Å². The molecule has 3 N–H and O–H groups in total. The molecule has 12 heteroatoms. The Labute approximate surface area is 184 Å². The Bertz CT molecular complexity index is 1090. The molecule has 0 amide bonds. The highest BCUT2D eigenvalue weighted by Crippen LogP contribution is 2.33. The first kappa shape index (κ1) is 22.5. The topological polar surface area (TPSA) is 110 Å². The lowest BCUT2D eigenvalue weighted by Gasteiger charge is -2.41. The third-order valence-electron chi connectivity index (χ3n) is 4.99. The average molecular weight is 472 g/mol. The Hall–Kier alpha value is -2.70. The van der Waals surface area contributed by atoms with Crippen molar-refractivity contribution in [2.24, 2.45) is 0 Å². The second-order valence-corrected chi connectivity index (χ2v) is 7.55. The van der Waals surface area contributed by atoms with E-state index in [4.69, 9.17) is 21.1 Å². The fraction of sp³-hybridized carbons (Fsp3) is 0.300. The van der Waals surface area contributed by atoms with Gasteiger partial charge in [0.2, 0.25) is 6.29 Å². The molecule has 0 spiro atoms. The summed E-state index contributed by atoms with van der Waals surface area (Å²) in [6.07, 6.45) is -4.21. The van der Waals surface area contributed by atoms with Gasteiger partial charge in [0.25, 0.3) is 0 Å². The summed E-state index contributed by atoms with van der Waals surface area (Å²) in [6, 6.07) is 6.57. The summed E-state index contributed by atoms with van der Waals surface area (Å²) in [6.45, 7) is -0.601. The van der Waals surface area contributed by atoms with Crippen LogP contribution >= 0.6 is 11.6 Å². The Morgan fingerprint density at radius 1 is 1.09 bits per heavy atom. The maximum atomic E-state index is 13.6. The maximum absolute atomic E-state index is 13.6. The number of ether oxygens (including phenoxy) is 2. The SMILES string of the molecule is OCC1OC(Oc2cccc(Cl)c2)C(O)C(n2cc(-c3cc(F)c(F)c(F)c3)nn2)C1O. The van der Waals surface area contributed by atoms with E-state index in [-0.39, 0.29) is 17.0 Å². The van der Waals surface area contributed by atoms with Gasteiger partial charge in [0.1, 0.15) is 35.8 Å². The number of rotatable bonds is 5. The zero-order chi connectivity index (χ0) is 23.0. The standard InChI is InChI=1S/C20H17ClF3N3O5/c21-10-2-1-3-11(6-10)31-20-19(30)17(18(29)15(8-28)32-20)27-7-14(25-26-27)9-4-12(22)16(24)13(23)5-9/h1-7,15,17-20,28-30H,8H2. The zero-order valence-electron chi connectivity index (χ0n) is 16.1. The molecule has 32 heavy (non-hydrogen) atoms. The summed E-state index contributed by atoms with van der Waals surface area (Å²) in [4.78, 5) is 0. The van der Waals surface area contributed by atoms with Crippen molar-refractivity contribution in [1.82, 2.24) is 15.0 Å². The van der Waals surface area contributed by atoms with Crippen LogP contribution in [0.1, 0.15) is 6.04 Å². The van der Waals surface area contributed by atoms with Gasteiger partial charge in [0.05, 0.1) is 12.8 Å². The Morgan fingerprint density at radius 3 is 2.47 bits per heavy atom. The number of aromatic nitrogens is 3. The van der Waals surface area contributed by atoms with E-state index in [1.165, 1.54) is 12.3 Å². The van der Waals surface area contributed by atoms with Crippen molar-refractivity contribution in [1.29, 1.82) is 0 Å². The molecule has 4 rings (SSSR count). The molecule has 1 fully saturated rings. The number of benzene rings is 2. The highest BCUT2D eigenvalue weighted by atomic mass is 35.5. The predicted octanol–water partition coefficient (Wildman–Crippen LogP) is 2.07. The molecular formula is C20H17ClF3N3O5. The van der Waals surface area contributed by atoms with Crippen molar-refractivity contribution in [3.05, 3.63) is 65.1 Å². The molecule has 1 aliphatic rings. The van der Waals surface area contributed by atoms with Crippen molar-refractivity contribution >= 4 is 11.6 Å². The molecule has 2 aromatic carbocycles. The molecule has 1 aliphatic heterocycles. The summed E-state index contributed by atoms with van der Waals surface area (Å²) in [7, 11) is 0. The third kappa shape index (κ3) is 4.30. The van der Waals surface area contributed by atoms with E-state index in [0.29, 0.717) is 5.02 Å². The van der Waals surface area contributed by atoms with Crippen LogP contribution in [0.15, 0.2) is 42.6 Å². The van der Waals surface area contributed by atoms with Crippen LogP contribution in [0.5, 0.6) is 5.75 Å². The van der Waals surface area contributed by atoms with Gasteiger partial charge in [-0.05, 0) is 30.3 Å². The summed E-state index contributed by atoms with van der Waals surface area (Å²) >= 11 is 5.93. The molecule has 2 heterocycles. The van der Waals surface area contributed by atoms with Gasteiger partial charge < -0.3 is 24.8 Å². The monoisotopic (exact) mass is 471 g/mol. The second kappa shape index (κ2) is 9.04. The quantitative estimate of drug-likeness (QED) is 0.489. The van der Waals surface area contributed by atoms with Gasteiger partial charge in [-0.25, -0.2) is 17.9 Å². The Kier molecular flexibility index (Phi) is 6.35. The van der Waals surface area contributed by atoms with Gasteiger partial charge in [-0.15, -0.1) is 5.10 Å². The minimum atomic E-state index is -1.62. The highest BCUT2D eigenvalue weighted by Gasteiger charge is 2.47. The van der Waals surface area contributed by atoms with Crippen molar-refractivity contribution < 1.29 is 38.0 Å². The lowest BCUT2D eigenvalue weighted by Crippen LogP contribution is -2.57. The fourth-order valence-electron chi connectivity index (χ4n) is 3.41. The van der Waals surface area contributed by atoms with Crippen molar-refractivity contribution in [3.8, 4) is 17.0 Å². The van der Waals surface area contributed by atoms with Crippen LogP contribution in [-0.4, -0.2) is 61.5 Å². The first-order valence-corrected chi connectivity index (χ1v) is 9.77. The molecule has 170 valence electrons. The largest absolute Gasteiger partial charge is 0.462 e. The van der Waals surface area contributed by atoms with E-state index in [9.17, 15) is 28.5 Å². The number of hydrogen-bond acceptors (Lipinski definition) is 7. The molecule has 3 aromatic rings. The lowest BCUT2D eigenvalue weighted by molar-refractivity contribution is -0.260. The van der Waals surface area contributed by atoms with Gasteiger partial charge in [-0.3, -0.25) is 0 Å². The number of hydrogen-bond donors (Lipinski definition) is 3. The summed E-state index contributed by atoms with van der Waals surface area (Å²) in [5.74, 6) is -4.17. The minimum absolute atomic E-state index is 0.0402. The first-order chi connectivity index (χ1) is 15.3. The third-order valence-corrected chi connectivity index (χ3v) is 5.23. The highest BCUT2D eigenvalue weighted by molar-refractivity contribution is 6.30. The van der Waals surface area contributed by atoms with E-state index in [2.05, 4.69) is 10.3 Å². The molecule has 8 nitrogen and oxygen atoms in total. The van der Waals surface area contributed by atoms with Crippen LogP contribution in [0.2, 0.25) is 5.02 Å². The lowest BCUT2D eigenvalue weighted by atomic mass is 9.96. The van der Waals surface area contributed by atoms with Crippen LogP contribution in [0, 0.1) is 17.5 Å². The normalized spacial score (nSPS) is 25.7. The summed E-state index contributed by atoms with van der Waals surface area (Å²) in [5.41, 5.74) is -0.143. The van der Waals surface area contributed by atoms with Crippen LogP contribution in [0.25, 0.3) is 11.3 Å².